The SMILES string of the molecule is O=C(NCCSC(F)(F)F)C(F)(F)C(F)F. The first-order valence-corrected chi connectivity index (χ1v) is 4.71. The van der Waals surface area contributed by atoms with Gasteiger partial charge in [0.05, 0.1) is 0 Å². The molecule has 16 heavy (non-hydrogen) atoms. The number of hydrogen-bond donors (Lipinski definition) is 1. The third-order valence-electron chi connectivity index (χ3n) is 1.23. The second kappa shape index (κ2) is 5.60. The number of alkyl halides is 7. The maximum atomic E-state index is 12.2. The molecule has 96 valence electrons. The highest BCUT2D eigenvalue weighted by molar-refractivity contribution is 8.00. The molecule has 0 saturated heterocycles. The summed E-state index contributed by atoms with van der Waals surface area (Å²) >= 11 is -0.553. The van der Waals surface area contributed by atoms with E-state index in [2.05, 4.69) is 0 Å². The van der Waals surface area contributed by atoms with Crippen molar-refractivity contribution in [2.75, 3.05) is 12.3 Å². The molecule has 0 bridgehead atoms. The van der Waals surface area contributed by atoms with E-state index in [1.165, 1.54) is 5.32 Å². The average Bonchev–Trinajstić information content (AvgIpc) is 2.10. The maximum absolute atomic E-state index is 12.2. The number of hydrogen-bond acceptors (Lipinski definition) is 2. The van der Waals surface area contributed by atoms with Crippen LogP contribution < -0.4 is 5.32 Å². The quantitative estimate of drug-likeness (QED) is 0.615. The van der Waals surface area contributed by atoms with Crippen LogP contribution in [0.25, 0.3) is 0 Å². The van der Waals surface area contributed by atoms with Gasteiger partial charge in [-0.1, -0.05) is 0 Å². The van der Waals surface area contributed by atoms with Crippen LogP contribution in [0.2, 0.25) is 0 Å². The summed E-state index contributed by atoms with van der Waals surface area (Å²) in [7, 11) is 0. The van der Waals surface area contributed by atoms with Crippen LogP contribution in [0.1, 0.15) is 0 Å². The summed E-state index contributed by atoms with van der Waals surface area (Å²) in [4.78, 5) is 10.4. The summed E-state index contributed by atoms with van der Waals surface area (Å²) in [5.74, 6) is -7.90. The molecule has 0 aliphatic carbocycles. The van der Waals surface area contributed by atoms with Gasteiger partial charge in [0.15, 0.2) is 0 Å². The van der Waals surface area contributed by atoms with Gasteiger partial charge in [-0.25, -0.2) is 8.78 Å². The first-order valence-electron chi connectivity index (χ1n) is 3.72. The van der Waals surface area contributed by atoms with Crippen molar-refractivity contribution in [1.29, 1.82) is 0 Å². The molecule has 0 aromatic carbocycles. The molecule has 1 N–H and O–H groups in total. The largest absolute Gasteiger partial charge is 0.441 e. The number of carbonyl (C=O) groups is 1. The molecule has 1 amide bonds. The zero-order valence-corrected chi connectivity index (χ0v) is 8.27. The third kappa shape index (κ3) is 5.42. The van der Waals surface area contributed by atoms with Crippen molar-refractivity contribution in [2.45, 2.75) is 17.9 Å². The maximum Gasteiger partial charge on any atom is 0.441 e. The first-order chi connectivity index (χ1) is 7.07. The Labute approximate surface area is 89.6 Å². The van der Waals surface area contributed by atoms with Gasteiger partial charge in [0.2, 0.25) is 0 Å². The van der Waals surface area contributed by atoms with E-state index in [1.54, 1.807) is 0 Å². The van der Waals surface area contributed by atoms with Crippen LogP contribution in [0.5, 0.6) is 0 Å². The summed E-state index contributed by atoms with van der Waals surface area (Å²) in [6, 6.07) is 0. The van der Waals surface area contributed by atoms with E-state index >= 15 is 0 Å². The number of halogens is 7. The van der Waals surface area contributed by atoms with Gasteiger partial charge in [0, 0.05) is 12.3 Å². The lowest BCUT2D eigenvalue weighted by Gasteiger charge is -2.14. The zero-order valence-electron chi connectivity index (χ0n) is 7.45. The van der Waals surface area contributed by atoms with Gasteiger partial charge in [-0.05, 0) is 11.8 Å². The van der Waals surface area contributed by atoms with Crippen molar-refractivity contribution in [1.82, 2.24) is 5.32 Å². The van der Waals surface area contributed by atoms with Crippen molar-refractivity contribution in [2.24, 2.45) is 0 Å². The summed E-state index contributed by atoms with van der Waals surface area (Å²) in [5.41, 5.74) is -4.56. The van der Waals surface area contributed by atoms with Gasteiger partial charge in [-0.3, -0.25) is 4.79 Å². The molecule has 0 rings (SSSR count). The molecule has 0 spiro atoms. The fourth-order valence-electron chi connectivity index (χ4n) is 0.548. The number of rotatable bonds is 5. The highest BCUT2D eigenvalue weighted by Crippen LogP contribution is 2.29. The van der Waals surface area contributed by atoms with E-state index in [-0.39, 0.29) is 0 Å². The molecule has 10 heteroatoms. The predicted molar refractivity (Wildman–Crippen MR) is 42.5 cm³/mol. The Morgan fingerprint density at radius 3 is 2.06 bits per heavy atom. The van der Waals surface area contributed by atoms with Crippen molar-refractivity contribution in [3.05, 3.63) is 0 Å². The second-order valence-electron chi connectivity index (χ2n) is 2.47. The minimum absolute atomic E-state index is 0.553. The molecule has 0 atom stereocenters. The van der Waals surface area contributed by atoms with Gasteiger partial charge in [-0.15, -0.1) is 0 Å². The summed E-state index contributed by atoms with van der Waals surface area (Å²) in [6.45, 7) is -0.772. The van der Waals surface area contributed by atoms with Crippen LogP contribution in [0.4, 0.5) is 30.7 Å². The van der Waals surface area contributed by atoms with Gasteiger partial charge in [-0.2, -0.15) is 22.0 Å². The van der Waals surface area contributed by atoms with Gasteiger partial charge < -0.3 is 5.32 Å². The fourth-order valence-corrected chi connectivity index (χ4v) is 0.984. The number of thioether (sulfide) groups is 1. The fraction of sp³-hybridized carbons (Fsp3) is 0.833. The van der Waals surface area contributed by atoms with E-state index < -0.39 is 47.8 Å². The number of carbonyl (C=O) groups excluding carboxylic acids is 1. The van der Waals surface area contributed by atoms with Crippen molar-refractivity contribution < 1.29 is 35.5 Å². The lowest BCUT2D eigenvalue weighted by Crippen LogP contribution is -2.45. The molecule has 0 unspecified atom stereocenters. The molecule has 0 radical (unpaired) electrons. The minimum atomic E-state index is -4.89. The molecular formula is C6H6F7NOS. The van der Waals surface area contributed by atoms with E-state index in [1.807, 2.05) is 0 Å². The van der Waals surface area contributed by atoms with Crippen LogP contribution in [0.15, 0.2) is 0 Å². The van der Waals surface area contributed by atoms with Gasteiger partial charge in [0.25, 0.3) is 5.91 Å². The van der Waals surface area contributed by atoms with Crippen LogP contribution in [0.3, 0.4) is 0 Å². The second-order valence-corrected chi connectivity index (χ2v) is 3.63. The molecule has 0 heterocycles. The Kier molecular flexibility index (Phi) is 5.36. The molecule has 0 aromatic rings. The third-order valence-corrected chi connectivity index (χ3v) is 1.97. The van der Waals surface area contributed by atoms with Crippen molar-refractivity contribution in [3.63, 3.8) is 0 Å². The van der Waals surface area contributed by atoms with Crippen molar-refractivity contribution in [3.8, 4) is 0 Å². The number of amides is 1. The first kappa shape index (κ1) is 15.3. The smallest absolute Gasteiger partial charge is 0.350 e. The standard InChI is InChI=1S/C6H6F7NOS/c7-3(8)5(9,10)4(15)14-1-2-16-6(11,12)13/h3H,1-2H2,(H,14,15). The molecule has 0 aliphatic rings. The van der Waals surface area contributed by atoms with E-state index in [4.69, 9.17) is 0 Å². The van der Waals surface area contributed by atoms with Gasteiger partial charge >= 0.3 is 17.9 Å². The molecular weight excluding hydrogens is 267 g/mol. The molecule has 0 saturated carbocycles. The zero-order chi connectivity index (χ0) is 13.0. The Bertz CT molecular complexity index is 242. The van der Waals surface area contributed by atoms with E-state index in [9.17, 15) is 35.5 Å². The molecule has 0 aromatic heterocycles. The van der Waals surface area contributed by atoms with Crippen molar-refractivity contribution >= 4 is 17.7 Å². The minimum Gasteiger partial charge on any atom is -0.350 e. The highest BCUT2D eigenvalue weighted by Gasteiger charge is 2.48. The van der Waals surface area contributed by atoms with Crippen LogP contribution in [-0.2, 0) is 4.79 Å². The van der Waals surface area contributed by atoms with Crippen LogP contribution in [0, 0.1) is 0 Å². The summed E-state index contributed by atoms with van der Waals surface area (Å²) in [6.07, 6.45) is -4.19. The van der Waals surface area contributed by atoms with Crippen LogP contribution >= 0.6 is 11.8 Å². The van der Waals surface area contributed by atoms with E-state index in [0.717, 1.165) is 0 Å². The van der Waals surface area contributed by atoms with Gasteiger partial charge in [0.1, 0.15) is 0 Å². The Balaban J connectivity index is 3.92. The highest BCUT2D eigenvalue weighted by atomic mass is 32.2. The Morgan fingerprint density at radius 1 is 1.19 bits per heavy atom. The summed E-state index contributed by atoms with van der Waals surface area (Å²) in [5, 5.41) is 1.29. The molecule has 2 nitrogen and oxygen atoms in total. The number of nitrogens with one attached hydrogen (secondary N) is 1. The summed E-state index contributed by atoms with van der Waals surface area (Å²) < 4.78 is 82.1. The Morgan fingerprint density at radius 2 is 1.69 bits per heavy atom. The average molecular weight is 273 g/mol. The topological polar surface area (TPSA) is 29.1 Å². The predicted octanol–water partition coefficient (Wildman–Crippen LogP) is 2.26. The Hall–Kier alpha value is -0.670. The van der Waals surface area contributed by atoms with E-state index in [0.29, 0.717) is 0 Å². The lowest BCUT2D eigenvalue weighted by atomic mass is 10.3. The molecule has 0 fully saturated rings. The normalized spacial score (nSPS) is 13.0. The van der Waals surface area contributed by atoms with Crippen LogP contribution in [-0.4, -0.2) is 36.1 Å². The lowest BCUT2D eigenvalue weighted by molar-refractivity contribution is -0.169. The monoisotopic (exact) mass is 273 g/mol. The molecule has 0 aliphatic heterocycles.